The quantitative estimate of drug-likeness (QED) is 0.706. The summed E-state index contributed by atoms with van der Waals surface area (Å²) >= 11 is 1.68. The third-order valence-corrected chi connectivity index (χ3v) is 4.71. The van der Waals surface area contributed by atoms with Crippen LogP contribution >= 0.6 is 11.3 Å². The summed E-state index contributed by atoms with van der Waals surface area (Å²) in [5.74, 6) is -0.102. The Hall–Kier alpha value is -1.47. The Kier molecular flexibility index (Phi) is 7.17. The van der Waals surface area contributed by atoms with Gasteiger partial charge in [0.2, 0.25) is 5.91 Å². The lowest BCUT2D eigenvalue weighted by atomic mass is 10.1. The molecule has 0 aliphatic rings. The number of carbonyl (C=O) groups excluding carboxylic acids is 1. The summed E-state index contributed by atoms with van der Waals surface area (Å²) in [4.78, 5) is 14.3. The maximum Gasteiger partial charge on any atom is 0.239 e. The van der Waals surface area contributed by atoms with Crippen molar-refractivity contribution in [2.24, 2.45) is 5.73 Å². The molecular formula is C18H26N2O3S. The zero-order valence-electron chi connectivity index (χ0n) is 14.5. The lowest BCUT2D eigenvalue weighted by Gasteiger charge is -2.28. The Balaban J connectivity index is 2.20. The molecule has 24 heavy (non-hydrogen) atoms. The molecular weight excluding hydrogens is 324 g/mol. The second-order valence-electron chi connectivity index (χ2n) is 5.60. The van der Waals surface area contributed by atoms with Gasteiger partial charge < -0.3 is 20.1 Å². The number of benzene rings is 1. The molecule has 2 N–H and O–H groups in total. The van der Waals surface area contributed by atoms with Crippen LogP contribution in [0.15, 0.2) is 29.6 Å². The number of rotatable bonds is 9. The van der Waals surface area contributed by atoms with Gasteiger partial charge in [0.1, 0.15) is 0 Å². The van der Waals surface area contributed by atoms with Crippen molar-refractivity contribution >= 4 is 27.3 Å². The molecule has 0 unspecified atom stereocenters. The van der Waals surface area contributed by atoms with Crippen molar-refractivity contribution in [3.63, 3.8) is 0 Å². The van der Waals surface area contributed by atoms with E-state index in [2.05, 4.69) is 17.5 Å². The van der Waals surface area contributed by atoms with Gasteiger partial charge >= 0.3 is 0 Å². The van der Waals surface area contributed by atoms with Gasteiger partial charge in [-0.05, 0) is 43.2 Å². The van der Waals surface area contributed by atoms with E-state index in [9.17, 15) is 4.79 Å². The molecule has 0 aliphatic heterocycles. The largest absolute Gasteiger partial charge is 0.351 e. The van der Waals surface area contributed by atoms with Crippen molar-refractivity contribution in [2.45, 2.75) is 39.6 Å². The summed E-state index contributed by atoms with van der Waals surface area (Å²) in [6, 6.07) is 7.65. The van der Waals surface area contributed by atoms with Crippen LogP contribution in [-0.2, 0) is 20.8 Å². The zero-order valence-corrected chi connectivity index (χ0v) is 15.3. The van der Waals surface area contributed by atoms with Gasteiger partial charge in [0.15, 0.2) is 6.29 Å². The monoisotopic (exact) mass is 350 g/mol. The van der Waals surface area contributed by atoms with Crippen LogP contribution < -0.4 is 5.73 Å². The van der Waals surface area contributed by atoms with E-state index >= 15 is 0 Å². The van der Waals surface area contributed by atoms with Crippen molar-refractivity contribution in [3.8, 4) is 0 Å². The van der Waals surface area contributed by atoms with Crippen LogP contribution in [0.1, 0.15) is 26.3 Å². The minimum Gasteiger partial charge on any atom is -0.351 e. The predicted molar refractivity (Wildman–Crippen MR) is 97.9 cm³/mol. The average Bonchev–Trinajstić information content (AvgIpc) is 2.97. The van der Waals surface area contributed by atoms with Crippen LogP contribution in [0.5, 0.6) is 0 Å². The Morgan fingerprint density at radius 3 is 2.54 bits per heavy atom. The minimum absolute atomic E-state index is 0.102. The number of nitrogens with zero attached hydrogens (tertiary/aromatic N) is 1. The number of amides is 1. The first-order chi connectivity index (χ1) is 11.6. The zero-order chi connectivity index (χ0) is 17.5. The lowest BCUT2D eigenvalue weighted by molar-refractivity contribution is -0.160. The average molecular weight is 350 g/mol. The molecule has 0 fully saturated rings. The van der Waals surface area contributed by atoms with Crippen LogP contribution in [-0.4, -0.2) is 42.9 Å². The molecule has 1 heterocycles. The smallest absolute Gasteiger partial charge is 0.239 e. The summed E-state index contributed by atoms with van der Waals surface area (Å²) in [7, 11) is 0. The number of nitrogens with two attached hydrogens (primary N) is 1. The third kappa shape index (κ3) is 4.77. The molecule has 5 nitrogen and oxygen atoms in total. The van der Waals surface area contributed by atoms with E-state index in [0.29, 0.717) is 26.3 Å². The molecule has 2 rings (SSSR count). The fourth-order valence-corrected chi connectivity index (χ4v) is 3.54. The van der Waals surface area contributed by atoms with Crippen LogP contribution in [0, 0.1) is 0 Å². The molecule has 0 bridgehead atoms. The SMILES string of the molecule is CCOC(CN(Cc1csc2ccccc12)C(=O)[C@H](C)N)OCC. The minimum atomic E-state index is -0.557. The van der Waals surface area contributed by atoms with E-state index in [1.807, 2.05) is 26.0 Å². The Labute approximate surface area is 147 Å². The number of carbonyl (C=O) groups is 1. The summed E-state index contributed by atoms with van der Waals surface area (Å²) < 4.78 is 12.4. The van der Waals surface area contributed by atoms with E-state index in [0.717, 1.165) is 5.56 Å². The maximum atomic E-state index is 12.5. The topological polar surface area (TPSA) is 64.8 Å². The lowest BCUT2D eigenvalue weighted by Crippen LogP contribution is -2.46. The van der Waals surface area contributed by atoms with Gasteiger partial charge in [-0.15, -0.1) is 11.3 Å². The summed E-state index contributed by atoms with van der Waals surface area (Å²) in [5, 5.41) is 3.28. The highest BCUT2D eigenvalue weighted by atomic mass is 32.1. The van der Waals surface area contributed by atoms with Gasteiger partial charge in [0.05, 0.1) is 12.6 Å². The van der Waals surface area contributed by atoms with E-state index < -0.39 is 12.3 Å². The highest BCUT2D eigenvalue weighted by Crippen LogP contribution is 2.27. The Morgan fingerprint density at radius 2 is 1.92 bits per heavy atom. The van der Waals surface area contributed by atoms with Gasteiger partial charge in [0.25, 0.3) is 0 Å². The molecule has 0 radical (unpaired) electrons. The molecule has 6 heteroatoms. The van der Waals surface area contributed by atoms with Crippen LogP contribution in [0.3, 0.4) is 0 Å². The molecule has 0 aliphatic carbocycles. The first-order valence-electron chi connectivity index (χ1n) is 8.29. The van der Waals surface area contributed by atoms with E-state index in [1.165, 1.54) is 10.1 Å². The van der Waals surface area contributed by atoms with E-state index in [4.69, 9.17) is 15.2 Å². The van der Waals surface area contributed by atoms with Gasteiger partial charge in [-0.1, -0.05) is 18.2 Å². The summed E-state index contributed by atoms with van der Waals surface area (Å²) in [6.07, 6.45) is -0.437. The molecule has 132 valence electrons. The molecule has 1 aromatic heterocycles. The van der Waals surface area contributed by atoms with Crippen molar-refractivity contribution in [2.75, 3.05) is 19.8 Å². The molecule has 1 amide bonds. The number of hydrogen-bond donors (Lipinski definition) is 1. The van der Waals surface area contributed by atoms with Crippen molar-refractivity contribution < 1.29 is 14.3 Å². The van der Waals surface area contributed by atoms with Gasteiger partial charge in [-0.3, -0.25) is 4.79 Å². The molecule has 0 saturated heterocycles. The van der Waals surface area contributed by atoms with Crippen LogP contribution in [0.4, 0.5) is 0 Å². The van der Waals surface area contributed by atoms with Gasteiger partial charge in [-0.25, -0.2) is 0 Å². The van der Waals surface area contributed by atoms with Gasteiger partial charge in [-0.2, -0.15) is 0 Å². The normalized spacial score (nSPS) is 12.7. The number of thiophene rings is 1. The highest BCUT2D eigenvalue weighted by Gasteiger charge is 2.23. The summed E-state index contributed by atoms with van der Waals surface area (Å²) in [5.41, 5.74) is 6.95. The first-order valence-corrected chi connectivity index (χ1v) is 9.17. The van der Waals surface area contributed by atoms with Crippen molar-refractivity contribution in [3.05, 3.63) is 35.2 Å². The molecule has 1 aromatic carbocycles. The fourth-order valence-electron chi connectivity index (χ4n) is 2.59. The highest BCUT2D eigenvalue weighted by molar-refractivity contribution is 7.17. The third-order valence-electron chi connectivity index (χ3n) is 3.70. The number of hydrogen-bond acceptors (Lipinski definition) is 5. The molecule has 1 atom stereocenters. The standard InChI is InChI=1S/C18H26N2O3S/c1-4-22-17(23-5-2)11-20(18(21)13(3)19)10-14-12-24-16-9-7-6-8-15(14)16/h6-9,12-13,17H,4-5,10-11,19H2,1-3H3/t13-/m0/s1. The maximum absolute atomic E-state index is 12.5. The first kappa shape index (κ1) is 18.9. The Morgan fingerprint density at radius 1 is 1.25 bits per heavy atom. The summed E-state index contributed by atoms with van der Waals surface area (Å²) in [6.45, 7) is 7.47. The van der Waals surface area contributed by atoms with Crippen LogP contribution in [0.25, 0.3) is 10.1 Å². The second kappa shape index (κ2) is 9.13. The molecule has 2 aromatic rings. The predicted octanol–water partition coefficient (Wildman–Crippen LogP) is 2.98. The van der Waals surface area contributed by atoms with Crippen molar-refractivity contribution in [1.29, 1.82) is 0 Å². The van der Waals surface area contributed by atoms with Gasteiger partial charge in [0, 0.05) is 24.5 Å². The van der Waals surface area contributed by atoms with Crippen molar-refractivity contribution in [1.82, 2.24) is 4.90 Å². The van der Waals surface area contributed by atoms with Crippen LogP contribution in [0.2, 0.25) is 0 Å². The number of fused-ring (bicyclic) bond motifs is 1. The van der Waals surface area contributed by atoms with E-state index in [-0.39, 0.29) is 5.91 Å². The molecule has 0 saturated carbocycles. The van der Waals surface area contributed by atoms with E-state index in [1.54, 1.807) is 23.2 Å². The molecule has 0 spiro atoms. The Bertz CT molecular complexity index is 651. The fraction of sp³-hybridized carbons (Fsp3) is 0.500. The number of ether oxygens (including phenoxy) is 2. The second-order valence-corrected chi connectivity index (χ2v) is 6.52.